The third-order valence-electron chi connectivity index (χ3n) is 4.80. The van der Waals surface area contributed by atoms with Crippen LogP contribution in [0.2, 0.25) is 5.02 Å². The molecule has 2 fully saturated rings. The van der Waals surface area contributed by atoms with Crippen LogP contribution in [0.5, 0.6) is 0 Å². The molecular formula is C15H19ClFN. The van der Waals surface area contributed by atoms with Gasteiger partial charge in [0.1, 0.15) is 5.82 Å². The topological polar surface area (TPSA) is 12.0 Å². The molecule has 1 aromatic rings. The zero-order valence-electron chi connectivity index (χ0n) is 10.5. The quantitative estimate of drug-likeness (QED) is 0.795. The summed E-state index contributed by atoms with van der Waals surface area (Å²) < 4.78 is 13.8. The lowest BCUT2D eigenvalue weighted by Crippen LogP contribution is -2.50. The highest BCUT2D eigenvalue weighted by Gasteiger charge is 2.47. The first-order chi connectivity index (χ1) is 8.71. The van der Waals surface area contributed by atoms with E-state index in [9.17, 15) is 4.39 Å². The van der Waals surface area contributed by atoms with Crippen LogP contribution in [0.1, 0.15) is 44.9 Å². The largest absolute Gasteiger partial charge is 0.378 e. The third kappa shape index (κ3) is 2.01. The molecule has 1 spiro atoms. The van der Waals surface area contributed by atoms with Crippen molar-refractivity contribution < 1.29 is 4.39 Å². The summed E-state index contributed by atoms with van der Waals surface area (Å²) in [5.74, 6) is -0.236. The summed E-state index contributed by atoms with van der Waals surface area (Å²) in [6.45, 7) is 0. The third-order valence-corrected chi connectivity index (χ3v) is 5.12. The molecule has 2 aliphatic carbocycles. The lowest BCUT2D eigenvalue weighted by Gasteiger charge is -2.52. The normalized spacial score (nSPS) is 25.8. The molecule has 0 saturated heterocycles. The van der Waals surface area contributed by atoms with E-state index >= 15 is 0 Å². The maximum Gasteiger partial charge on any atom is 0.147 e. The standard InChI is InChI=1S/C15H19ClFN/c16-11-5-4-6-12(17)14(11)18-13-7-10-15(13)8-2-1-3-9-15/h4-6,13,18H,1-3,7-10H2. The van der Waals surface area contributed by atoms with Gasteiger partial charge in [0, 0.05) is 6.04 Å². The van der Waals surface area contributed by atoms with Crippen molar-refractivity contribution in [3.63, 3.8) is 0 Å². The van der Waals surface area contributed by atoms with E-state index in [1.807, 2.05) is 0 Å². The van der Waals surface area contributed by atoms with Crippen LogP contribution >= 0.6 is 11.6 Å². The Morgan fingerprint density at radius 2 is 1.94 bits per heavy atom. The van der Waals surface area contributed by atoms with E-state index in [2.05, 4.69) is 5.32 Å². The summed E-state index contributed by atoms with van der Waals surface area (Å²) in [6.07, 6.45) is 9.01. The first kappa shape index (κ1) is 12.3. The summed E-state index contributed by atoms with van der Waals surface area (Å²) in [4.78, 5) is 0. The lowest BCUT2D eigenvalue weighted by molar-refractivity contribution is 0.0570. The summed E-state index contributed by atoms with van der Waals surface area (Å²) in [5, 5.41) is 3.86. The van der Waals surface area contributed by atoms with Gasteiger partial charge in [0.15, 0.2) is 0 Å². The zero-order chi connectivity index (χ0) is 12.6. The highest BCUT2D eigenvalue weighted by Crippen LogP contribution is 2.53. The van der Waals surface area contributed by atoms with Crippen molar-refractivity contribution in [2.24, 2.45) is 5.41 Å². The molecule has 3 rings (SSSR count). The fourth-order valence-electron chi connectivity index (χ4n) is 3.59. The average molecular weight is 268 g/mol. The van der Waals surface area contributed by atoms with Crippen LogP contribution in [0.3, 0.4) is 0 Å². The van der Waals surface area contributed by atoms with Gasteiger partial charge in [-0.05, 0) is 43.2 Å². The van der Waals surface area contributed by atoms with Gasteiger partial charge in [0.25, 0.3) is 0 Å². The second-order valence-corrected chi connectivity index (χ2v) is 6.16. The average Bonchev–Trinajstić information content (AvgIpc) is 2.38. The van der Waals surface area contributed by atoms with Crippen molar-refractivity contribution in [1.29, 1.82) is 0 Å². The Morgan fingerprint density at radius 1 is 1.17 bits per heavy atom. The summed E-state index contributed by atoms with van der Waals surface area (Å²) in [5.41, 5.74) is 0.915. The SMILES string of the molecule is Fc1cccc(Cl)c1NC1CCC12CCCCC2. The molecule has 0 aliphatic heterocycles. The van der Waals surface area contributed by atoms with Gasteiger partial charge in [-0.3, -0.25) is 0 Å². The van der Waals surface area contributed by atoms with E-state index in [-0.39, 0.29) is 5.82 Å². The molecule has 1 unspecified atom stereocenters. The van der Waals surface area contributed by atoms with E-state index in [0.717, 1.165) is 6.42 Å². The fourth-order valence-corrected chi connectivity index (χ4v) is 3.80. The Kier molecular flexibility index (Phi) is 3.23. The predicted molar refractivity (Wildman–Crippen MR) is 73.6 cm³/mol. The van der Waals surface area contributed by atoms with E-state index in [1.54, 1.807) is 12.1 Å². The first-order valence-electron chi connectivity index (χ1n) is 6.92. The number of nitrogens with one attached hydrogen (secondary N) is 1. The minimum absolute atomic E-state index is 0.236. The number of benzene rings is 1. The van der Waals surface area contributed by atoms with E-state index < -0.39 is 0 Å². The first-order valence-corrected chi connectivity index (χ1v) is 7.30. The van der Waals surface area contributed by atoms with Crippen LogP contribution in [-0.4, -0.2) is 6.04 Å². The lowest BCUT2D eigenvalue weighted by atomic mass is 9.57. The molecule has 0 aromatic heterocycles. The molecule has 98 valence electrons. The van der Waals surface area contributed by atoms with E-state index in [0.29, 0.717) is 22.2 Å². The molecule has 0 bridgehead atoms. The fraction of sp³-hybridized carbons (Fsp3) is 0.600. The van der Waals surface area contributed by atoms with Gasteiger partial charge in [0.05, 0.1) is 10.7 Å². The number of hydrogen-bond donors (Lipinski definition) is 1. The Bertz CT molecular complexity index is 420. The van der Waals surface area contributed by atoms with Crippen molar-refractivity contribution in [1.82, 2.24) is 0 Å². The maximum atomic E-state index is 13.8. The number of anilines is 1. The van der Waals surface area contributed by atoms with Gasteiger partial charge in [-0.25, -0.2) is 4.39 Å². The summed E-state index contributed by atoms with van der Waals surface area (Å²) >= 11 is 6.08. The van der Waals surface area contributed by atoms with Crippen LogP contribution < -0.4 is 5.32 Å². The number of para-hydroxylation sites is 1. The number of halogens is 2. The van der Waals surface area contributed by atoms with Crippen LogP contribution in [0.4, 0.5) is 10.1 Å². The Morgan fingerprint density at radius 3 is 2.56 bits per heavy atom. The summed E-state index contributed by atoms with van der Waals surface area (Å²) in [7, 11) is 0. The highest BCUT2D eigenvalue weighted by atomic mass is 35.5. The number of rotatable bonds is 2. The van der Waals surface area contributed by atoms with Crippen LogP contribution in [0.25, 0.3) is 0 Å². The molecule has 1 atom stereocenters. The van der Waals surface area contributed by atoms with Crippen LogP contribution in [-0.2, 0) is 0 Å². The van der Waals surface area contributed by atoms with Crippen molar-refractivity contribution >= 4 is 17.3 Å². The van der Waals surface area contributed by atoms with Crippen molar-refractivity contribution in [2.45, 2.75) is 51.0 Å². The van der Waals surface area contributed by atoms with Gasteiger partial charge in [-0.1, -0.05) is 36.9 Å². The maximum absolute atomic E-state index is 13.8. The Hall–Kier alpha value is -0.760. The highest BCUT2D eigenvalue weighted by molar-refractivity contribution is 6.33. The van der Waals surface area contributed by atoms with E-state index in [1.165, 1.54) is 44.6 Å². The minimum Gasteiger partial charge on any atom is -0.378 e. The molecular weight excluding hydrogens is 249 g/mol. The molecule has 2 aliphatic rings. The molecule has 1 N–H and O–H groups in total. The monoisotopic (exact) mass is 267 g/mol. The molecule has 1 aromatic carbocycles. The zero-order valence-corrected chi connectivity index (χ0v) is 11.3. The number of hydrogen-bond acceptors (Lipinski definition) is 1. The van der Waals surface area contributed by atoms with Gasteiger partial charge < -0.3 is 5.32 Å². The second kappa shape index (κ2) is 4.73. The van der Waals surface area contributed by atoms with Gasteiger partial charge in [0.2, 0.25) is 0 Å². The van der Waals surface area contributed by atoms with Gasteiger partial charge >= 0.3 is 0 Å². The molecule has 1 nitrogen and oxygen atoms in total. The second-order valence-electron chi connectivity index (χ2n) is 5.76. The van der Waals surface area contributed by atoms with Crippen LogP contribution in [0, 0.1) is 11.2 Å². The summed E-state index contributed by atoms with van der Waals surface area (Å²) in [6, 6.07) is 5.28. The van der Waals surface area contributed by atoms with Crippen molar-refractivity contribution in [3.05, 3.63) is 29.0 Å². The van der Waals surface area contributed by atoms with Crippen molar-refractivity contribution in [3.8, 4) is 0 Å². The molecule has 0 heterocycles. The van der Waals surface area contributed by atoms with Crippen molar-refractivity contribution in [2.75, 3.05) is 5.32 Å². The van der Waals surface area contributed by atoms with Crippen LogP contribution in [0.15, 0.2) is 18.2 Å². The molecule has 18 heavy (non-hydrogen) atoms. The molecule has 0 amide bonds. The Balaban J connectivity index is 1.77. The molecule has 0 radical (unpaired) electrons. The minimum atomic E-state index is -0.236. The van der Waals surface area contributed by atoms with Gasteiger partial charge in [-0.15, -0.1) is 0 Å². The smallest absolute Gasteiger partial charge is 0.147 e. The van der Waals surface area contributed by atoms with Gasteiger partial charge in [-0.2, -0.15) is 0 Å². The predicted octanol–water partition coefficient (Wildman–Crippen LogP) is 5.00. The van der Waals surface area contributed by atoms with E-state index in [4.69, 9.17) is 11.6 Å². The molecule has 2 saturated carbocycles. The Labute approximate surface area is 113 Å². The molecule has 3 heteroatoms.